The summed E-state index contributed by atoms with van der Waals surface area (Å²) in [5, 5.41) is 0.337. The molecule has 0 aliphatic carbocycles. The molecule has 1 heterocycles. The summed E-state index contributed by atoms with van der Waals surface area (Å²) in [6.07, 6.45) is 0. The number of hydrogen-bond acceptors (Lipinski definition) is 5. The minimum Gasteiger partial charge on any atom is -0.490 e. The summed E-state index contributed by atoms with van der Waals surface area (Å²) in [5.74, 6) is 0.572. The summed E-state index contributed by atoms with van der Waals surface area (Å²) in [4.78, 5) is 38.3. The zero-order valence-electron chi connectivity index (χ0n) is 16.7. The Kier molecular flexibility index (Phi) is 6.16. The fourth-order valence-electron chi connectivity index (χ4n) is 3.27. The van der Waals surface area contributed by atoms with Crippen molar-refractivity contribution in [2.75, 3.05) is 13.2 Å². The number of fused-ring (bicyclic) bond motifs is 1. The summed E-state index contributed by atoms with van der Waals surface area (Å²) >= 11 is 0. The fraction of sp³-hybridized carbons (Fsp3) is 0.318. The Hall–Kier alpha value is -3.35. The molecule has 0 saturated carbocycles. The van der Waals surface area contributed by atoms with Crippen molar-refractivity contribution in [3.8, 4) is 5.75 Å². The average molecular weight is 396 g/mol. The third-order valence-electron chi connectivity index (χ3n) is 4.67. The number of nitrogens with one attached hydrogen (secondary N) is 1. The molecule has 152 valence electrons. The van der Waals surface area contributed by atoms with E-state index in [9.17, 15) is 14.4 Å². The van der Waals surface area contributed by atoms with Crippen molar-refractivity contribution < 1.29 is 14.3 Å². The molecule has 0 spiro atoms. The molecular formula is C22H24N2O5. The molecule has 0 unspecified atom stereocenters. The van der Waals surface area contributed by atoms with Crippen molar-refractivity contribution in [3.05, 3.63) is 74.4 Å². The SMILES string of the molecule is Cc1cc(OCCOC(=O)Cn2c(=O)[nH]c(=O)c3ccccc32)ccc1C(C)C. The smallest absolute Gasteiger partial charge is 0.329 e. The van der Waals surface area contributed by atoms with Gasteiger partial charge in [0.05, 0.1) is 10.9 Å². The van der Waals surface area contributed by atoms with Crippen LogP contribution in [-0.4, -0.2) is 28.7 Å². The zero-order chi connectivity index (χ0) is 21.0. The van der Waals surface area contributed by atoms with E-state index >= 15 is 0 Å². The maximum atomic E-state index is 12.1. The highest BCUT2D eigenvalue weighted by Crippen LogP contribution is 2.23. The van der Waals surface area contributed by atoms with Gasteiger partial charge in [0, 0.05) is 0 Å². The molecule has 0 bridgehead atoms. The zero-order valence-corrected chi connectivity index (χ0v) is 16.7. The highest BCUT2D eigenvalue weighted by Gasteiger charge is 2.12. The van der Waals surface area contributed by atoms with Crippen molar-refractivity contribution >= 4 is 16.9 Å². The van der Waals surface area contributed by atoms with Crippen LogP contribution in [0.1, 0.15) is 30.9 Å². The normalized spacial score (nSPS) is 11.0. The van der Waals surface area contributed by atoms with E-state index in [1.54, 1.807) is 24.3 Å². The number of para-hydroxylation sites is 1. The largest absolute Gasteiger partial charge is 0.490 e. The van der Waals surface area contributed by atoms with E-state index in [-0.39, 0.29) is 19.8 Å². The van der Waals surface area contributed by atoms with Gasteiger partial charge in [-0.25, -0.2) is 4.79 Å². The molecule has 0 saturated heterocycles. The Bertz CT molecular complexity index is 1140. The number of aromatic nitrogens is 2. The lowest BCUT2D eigenvalue weighted by atomic mass is 9.98. The summed E-state index contributed by atoms with van der Waals surface area (Å²) < 4.78 is 12.0. The lowest BCUT2D eigenvalue weighted by molar-refractivity contribution is -0.145. The maximum absolute atomic E-state index is 12.1. The average Bonchev–Trinajstić information content (AvgIpc) is 2.68. The Morgan fingerprint density at radius 2 is 1.86 bits per heavy atom. The molecule has 3 rings (SSSR count). The summed E-state index contributed by atoms with van der Waals surface area (Å²) in [6.45, 7) is 6.28. The van der Waals surface area contributed by atoms with Gasteiger partial charge in [0.15, 0.2) is 0 Å². The van der Waals surface area contributed by atoms with Crippen molar-refractivity contribution in [2.24, 2.45) is 0 Å². The standard InChI is InChI=1S/C22H24N2O5/c1-14(2)17-9-8-16(12-15(17)3)28-10-11-29-20(25)13-24-19-7-5-4-6-18(19)21(26)23-22(24)27/h4-9,12,14H,10-11,13H2,1-3H3,(H,23,26,27). The Labute approximate surface area is 167 Å². The molecule has 0 atom stereocenters. The van der Waals surface area contributed by atoms with E-state index in [2.05, 4.69) is 18.8 Å². The first kappa shape index (κ1) is 20.4. The monoisotopic (exact) mass is 396 g/mol. The van der Waals surface area contributed by atoms with Gasteiger partial charge in [-0.05, 0) is 48.2 Å². The Balaban J connectivity index is 1.58. The third-order valence-corrected chi connectivity index (χ3v) is 4.67. The number of aromatic amines is 1. The molecule has 1 N–H and O–H groups in total. The number of rotatable bonds is 7. The van der Waals surface area contributed by atoms with Gasteiger partial charge < -0.3 is 9.47 Å². The van der Waals surface area contributed by atoms with Crippen LogP contribution in [0.2, 0.25) is 0 Å². The minimum absolute atomic E-state index is 0.0554. The van der Waals surface area contributed by atoms with Crippen LogP contribution < -0.4 is 16.0 Å². The highest BCUT2D eigenvalue weighted by molar-refractivity contribution is 5.79. The number of nitrogens with zero attached hydrogens (tertiary/aromatic N) is 1. The number of H-pyrrole nitrogens is 1. The van der Waals surface area contributed by atoms with Crippen molar-refractivity contribution in [1.82, 2.24) is 9.55 Å². The molecule has 0 aliphatic rings. The van der Waals surface area contributed by atoms with E-state index < -0.39 is 17.2 Å². The number of esters is 1. The molecule has 0 radical (unpaired) electrons. The van der Waals surface area contributed by atoms with Crippen LogP contribution in [0.4, 0.5) is 0 Å². The predicted octanol–water partition coefficient (Wildman–Crippen LogP) is 2.74. The van der Waals surface area contributed by atoms with Gasteiger partial charge >= 0.3 is 11.7 Å². The fourth-order valence-corrected chi connectivity index (χ4v) is 3.27. The molecule has 2 aromatic carbocycles. The maximum Gasteiger partial charge on any atom is 0.329 e. The second-order valence-electron chi connectivity index (χ2n) is 7.10. The third kappa shape index (κ3) is 4.74. The van der Waals surface area contributed by atoms with Crippen LogP contribution in [-0.2, 0) is 16.1 Å². The first-order chi connectivity index (χ1) is 13.9. The second-order valence-corrected chi connectivity index (χ2v) is 7.10. The van der Waals surface area contributed by atoms with E-state index in [1.807, 2.05) is 25.1 Å². The van der Waals surface area contributed by atoms with E-state index in [0.717, 1.165) is 5.56 Å². The van der Waals surface area contributed by atoms with Gasteiger partial charge in [-0.2, -0.15) is 0 Å². The summed E-state index contributed by atoms with van der Waals surface area (Å²) in [7, 11) is 0. The molecule has 0 amide bonds. The van der Waals surface area contributed by atoms with Crippen LogP contribution in [0.5, 0.6) is 5.75 Å². The molecule has 1 aromatic heterocycles. The van der Waals surface area contributed by atoms with Crippen molar-refractivity contribution in [3.63, 3.8) is 0 Å². The molecule has 7 heteroatoms. The first-order valence-electron chi connectivity index (χ1n) is 9.47. The second kappa shape index (κ2) is 8.77. The lowest BCUT2D eigenvalue weighted by Gasteiger charge is -2.13. The van der Waals surface area contributed by atoms with Crippen molar-refractivity contribution in [1.29, 1.82) is 0 Å². The Morgan fingerprint density at radius 1 is 1.10 bits per heavy atom. The number of aryl methyl sites for hydroxylation is 1. The van der Waals surface area contributed by atoms with Gasteiger partial charge in [0.2, 0.25) is 0 Å². The number of hydrogen-bond donors (Lipinski definition) is 1. The van der Waals surface area contributed by atoms with Crippen LogP contribution in [0.25, 0.3) is 10.9 Å². The van der Waals surface area contributed by atoms with Gasteiger partial charge in [0.25, 0.3) is 5.56 Å². The molecule has 3 aromatic rings. The molecular weight excluding hydrogens is 372 g/mol. The lowest BCUT2D eigenvalue weighted by Crippen LogP contribution is -2.33. The first-order valence-corrected chi connectivity index (χ1v) is 9.47. The van der Waals surface area contributed by atoms with Crippen LogP contribution in [0.15, 0.2) is 52.1 Å². The van der Waals surface area contributed by atoms with Crippen LogP contribution in [0, 0.1) is 6.92 Å². The number of carbonyl (C=O) groups excluding carboxylic acids is 1. The predicted molar refractivity (Wildman–Crippen MR) is 111 cm³/mol. The van der Waals surface area contributed by atoms with Crippen LogP contribution in [0.3, 0.4) is 0 Å². The van der Waals surface area contributed by atoms with Crippen molar-refractivity contribution in [2.45, 2.75) is 33.2 Å². The van der Waals surface area contributed by atoms with Gasteiger partial charge in [-0.15, -0.1) is 0 Å². The molecule has 0 fully saturated rings. The van der Waals surface area contributed by atoms with E-state index in [0.29, 0.717) is 22.6 Å². The number of benzene rings is 2. The van der Waals surface area contributed by atoms with Gasteiger partial charge in [0.1, 0.15) is 25.5 Å². The molecule has 0 aliphatic heterocycles. The number of ether oxygens (including phenoxy) is 2. The summed E-state index contributed by atoms with van der Waals surface area (Å²) in [5.41, 5.74) is 1.67. The van der Waals surface area contributed by atoms with Gasteiger partial charge in [-0.3, -0.25) is 19.1 Å². The quantitative estimate of drug-likeness (QED) is 0.490. The van der Waals surface area contributed by atoms with E-state index in [1.165, 1.54) is 10.1 Å². The van der Waals surface area contributed by atoms with Crippen LogP contribution >= 0.6 is 0 Å². The topological polar surface area (TPSA) is 90.4 Å². The molecule has 7 nitrogen and oxygen atoms in total. The summed E-state index contributed by atoms with van der Waals surface area (Å²) in [6, 6.07) is 12.5. The Morgan fingerprint density at radius 3 is 2.59 bits per heavy atom. The molecule has 29 heavy (non-hydrogen) atoms. The minimum atomic E-state index is -0.650. The highest BCUT2D eigenvalue weighted by atomic mass is 16.6. The van der Waals surface area contributed by atoms with E-state index in [4.69, 9.17) is 9.47 Å². The van der Waals surface area contributed by atoms with Gasteiger partial charge in [-0.1, -0.05) is 32.0 Å². The number of carbonyl (C=O) groups is 1.